The Kier molecular flexibility index (Phi) is 7.59. The Bertz CT molecular complexity index is 1360. The molecule has 5 rings (SSSR count). The molecule has 1 aromatic heterocycles. The molecule has 0 spiro atoms. The standard InChI is InChI=1S/C27H30F4N6O2/c1-17-18(4-3-5-20(17)28)15-35(2)22-13-19(26(38)37-7-6-32-23(16-37)27(29,30)31)12-21-25(22)34-24(14-33-21)36-8-10-39-11-9-36/h3-5,12-14,23,32H,6-11,15-16H2,1-2H3. The van der Waals surface area contributed by atoms with Crippen LogP contribution in [0, 0.1) is 12.7 Å². The lowest BCUT2D eigenvalue weighted by Gasteiger charge is -2.35. The number of fused-ring (bicyclic) bond motifs is 1. The van der Waals surface area contributed by atoms with Gasteiger partial charge in [0.2, 0.25) is 0 Å². The Hall–Kier alpha value is -3.51. The summed E-state index contributed by atoms with van der Waals surface area (Å²) >= 11 is 0. The second-order valence-electron chi connectivity index (χ2n) is 9.87. The number of ether oxygens (including phenoxy) is 1. The number of hydrogen-bond acceptors (Lipinski definition) is 7. The molecule has 2 aromatic carbocycles. The monoisotopic (exact) mass is 546 g/mol. The summed E-state index contributed by atoms with van der Waals surface area (Å²) in [5.41, 5.74) is 3.05. The van der Waals surface area contributed by atoms with Gasteiger partial charge in [0.1, 0.15) is 23.2 Å². The van der Waals surface area contributed by atoms with Crippen molar-refractivity contribution in [3.8, 4) is 0 Å². The highest BCUT2D eigenvalue weighted by atomic mass is 19.4. The highest BCUT2D eigenvalue weighted by molar-refractivity contribution is 6.01. The van der Waals surface area contributed by atoms with E-state index in [0.29, 0.717) is 61.0 Å². The molecule has 1 atom stereocenters. The number of amides is 1. The van der Waals surface area contributed by atoms with Crippen molar-refractivity contribution in [2.45, 2.75) is 25.7 Å². The number of aromatic nitrogens is 2. The molecule has 0 saturated carbocycles. The van der Waals surface area contributed by atoms with E-state index in [4.69, 9.17) is 9.72 Å². The molecule has 8 nitrogen and oxygen atoms in total. The van der Waals surface area contributed by atoms with Crippen molar-refractivity contribution in [1.29, 1.82) is 0 Å². The first-order valence-electron chi connectivity index (χ1n) is 12.8. The third kappa shape index (κ3) is 5.76. The van der Waals surface area contributed by atoms with E-state index < -0.39 is 24.7 Å². The van der Waals surface area contributed by atoms with Crippen LogP contribution in [-0.4, -0.2) is 86.0 Å². The maximum atomic E-state index is 14.2. The fraction of sp³-hybridized carbons (Fsp3) is 0.444. The predicted molar refractivity (Wildman–Crippen MR) is 140 cm³/mol. The number of hydrogen-bond donors (Lipinski definition) is 1. The number of piperazine rings is 1. The smallest absolute Gasteiger partial charge is 0.378 e. The topological polar surface area (TPSA) is 73.8 Å². The fourth-order valence-electron chi connectivity index (χ4n) is 4.95. The minimum Gasteiger partial charge on any atom is -0.378 e. The normalized spacial score (nSPS) is 18.5. The van der Waals surface area contributed by atoms with E-state index in [2.05, 4.69) is 15.2 Å². The van der Waals surface area contributed by atoms with Crippen molar-refractivity contribution in [3.05, 3.63) is 59.0 Å². The Labute approximate surface area is 223 Å². The molecule has 1 amide bonds. The van der Waals surface area contributed by atoms with Gasteiger partial charge in [-0.05, 0) is 36.2 Å². The molecule has 39 heavy (non-hydrogen) atoms. The highest BCUT2D eigenvalue weighted by Gasteiger charge is 2.43. The Morgan fingerprint density at radius 3 is 2.72 bits per heavy atom. The van der Waals surface area contributed by atoms with Gasteiger partial charge in [0.05, 0.1) is 30.6 Å². The van der Waals surface area contributed by atoms with Crippen molar-refractivity contribution in [3.63, 3.8) is 0 Å². The van der Waals surface area contributed by atoms with Crippen LogP contribution in [0.15, 0.2) is 36.5 Å². The predicted octanol–water partition coefficient (Wildman–Crippen LogP) is 3.53. The molecule has 3 heterocycles. The van der Waals surface area contributed by atoms with E-state index in [1.54, 1.807) is 38.4 Å². The Morgan fingerprint density at radius 1 is 1.21 bits per heavy atom. The first-order chi connectivity index (χ1) is 18.6. The zero-order valence-electron chi connectivity index (χ0n) is 21.8. The van der Waals surface area contributed by atoms with Gasteiger partial charge in [0, 0.05) is 51.9 Å². The summed E-state index contributed by atoms with van der Waals surface area (Å²) in [7, 11) is 1.81. The average Bonchev–Trinajstić information content (AvgIpc) is 2.94. The molecule has 2 aliphatic heterocycles. The Balaban J connectivity index is 1.54. The number of anilines is 2. The number of carbonyl (C=O) groups excluding carboxylic acids is 1. The van der Waals surface area contributed by atoms with Gasteiger partial charge in [0.15, 0.2) is 0 Å². The molecule has 0 radical (unpaired) electrons. The lowest BCUT2D eigenvalue weighted by atomic mass is 10.1. The van der Waals surface area contributed by atoms with Crippen molar-refractivity contribution in [2.75, 3.05) is 62.8 Å². The average molecular weight is 547 g/mol. The van der Waals surface area contributed by atoms with Gasteiger partial charge >= 0.3 is 6.18 Å². The van der Waals surface area contributed by atoms with E-state index in [9.17, 15) is 22.4 Å². The van der Waals surface area contributed by atoms with Gasteiger partial charge in [-0.25, -0.2) is 9.37 Å². The summed E-state index contributed by atoms with van der Waals surface area (Å²) in [6.45, 7) is 4.20. The van der Waals surface area contributed by atoms with Gasteiger partial charge in [-0.2, -0.15) is 13.2 Å². The van der Waals surface area contributed by atoms with Crippen molar-refractivity contribution < 1.29 is 27.1 Å². The van der Waals surface area contributed by atoms with Crippen LogP contribution < -0.4 is 15.1 Å². The van der Waals surface area contributed by atoms with Gasteiger partial charge in [0.25, 0.3) is 5.91 Å². The van der Waals surface area contributed by atoms with Crippen LogP contribution in [0.25, 0.3) is 11.0 Å². The number of rotatable bonds is 5. The molecule has 2 saturated heterocycles. The molecule has 2 fully saturated rings. The highest BCUT2D eigenvalue weighted by Crippen LogP contribution is 2.31. The molecule has 12 heteroatoms. The van der Waals surface area contributed by atoms with Gasteiger partial charge in [-0.1, -0.05) is 12.1 Å². The summed E-state index contributed by atoms with van der Waals surface area (Å²) in [5, 5.41) is 2.44. The summed E-state index contributed by atoms with van der Waals surface area (Å²) in [6.07, 6.45) is -2.83. The summed E-state index contributed by atoms with van der Waals surface area (Å²) in [6, 6.07) is 6.29. The van der Waals surface area contributed by atoms with E-state index in [1.165, 1.54) is 11.0 Å². The largest absolute Gasteiger partial charge is 0.405 e. The van der Waals surface area contributed by atoms with E-state index in [-0.39, 0.29) is 24.5 Å². The number of nitrogens with zero attached hydrogens (tertiary/aromatic N) is 5. The van der Waals surface area contributed by atoms with Crippen LogP contribution in [0.1, 0.15) is 21.5 Å². The van der Waals surface area contributed by atoms with Crippen LogP contribution in [0.5, 0.6) is 0 Å². The molecule has 1 N–H and O–H groups in total. The molecular formula is C27H30F4N6O2. The number of morpholine rings is 1. The number of nitrogens with one attached hydrogen (secondary N) is 1. The molecular weight excluding hydrogens is 516 g/mol. The molecule has 2 aliphatic rings. The van der Waals surface area contributed by atoms with E-state index in [1.807, 2.05) is 11.0 Å². The number of halogens is 4. The van der Waals surface area contributed by atoms with Crippen LogP contribution in [0.2, 0.25) is 0 Å². The summed E-state index contributed by atoms with van der Waals surface area (Å²) in [5.74, 6) is -0.165. The van der Waals surface area contributed by atoms with Crippen molar-refractivity contribution >= 4 is 28.4 Å². The minimum atomic E-state index is -4.46. The second kappa shape index (κ2) is 10.9. The van der Waals surface area contributed by atoms with Crippen LogP contribution in [0.3, 0.4) is 0 Å². The first-order valence-corrected chi connectivity index (χ1v) is 12.8. The number of carbonyl (C=O) groups is 1. The molecule has 0 bridgehead atoms. The minimum absolute atomic E-state index is 0.0395. The van der Waals surface area contributed by atoms with E-state index in [0.717, 1.165) is 5.56 Å². The molecule has 3 aromatic rings. The van der Waals surface area contributed by atoms with E-state index >= 15 is 0 Å². The van der Waals surface area contributed by atoms with Crippen LogP contribution in [0.4, 0.5) is 29.1 Å². The second-order valence-corrected chi connectivity index (χ2v) is 9.87. The summed E-state index contributed by atoms with van der Waals surface area (Å²) < 4.78 is 59.7. The third-order valence-corrected chi connectivity index (χ3v) is 7.25. The summed E-state index contributed by atoms with van der Waals surface area (Å²) in [4.78, 5) is 28.0. The first kappa shape index (κ1) is 27.1. The van der Waals surface area contributed by atoms with Gasteiger partial charge in [-0.15, -0.1) is 0 Å². The van der Waals surface area contributed by atoms with Crippen molar-refractivity contribution in [1.82, 2.24) is 20.2 Å². The zero-order valence-corrected chi connectivity index (χ0v) is 21.8. The number of benzene rings is 2. The maximum Gasteiger partial charge on any atom is 0.405 e. The van der Waals surface area contributed by atoms with Crippen LogP contribution in [-0.2, 0) is 11.3 Å². The van der Waals surface area contributed by atoms with Crippen LogP contribution >= 0.6 is 0 Å². The lowest BCUT2D eigenvalue weighted by molar-refractivity contribution is -0.162. The van der Waals surface area contributed by atoms with Gasteiger partial charge in [-0.3, -0.25) is 9.78 Å². The lowest BCUT2D eigenvalue weighted by Crippen LogP contribution is -2.58. The van der Waals surface area contributed by atoms with Gasteiger partial charge < -0.3 is 24.8 Å². The third-order valence-electron chi connectivity index (χ3n) is 7.25. The number of alkyl halides is 3. The van der Waals surface area contributed by atoms with Crippen molar-refractivity contribution in [2.24, 2.45) is 0 Å². The fourth-order valence-corrected chi connectivity index (χ4v) is 4.95. The maximum absolute atomic E-state index is 14.2. The SMILES string of the molecule is Cc1c(F)cccc1CN(C)c1cc(C(=O)N2CCNC(C(F)(F)F)C2)cc2ncc(N3CCOCC3)nc12. The molecule has 208 valence electrons. The zero-order chi connectivity index (χ0) is 27.7. The Morgan fingerprint density at radius 2 is 1.97 bits per heavy atom. The molecule has 1 unspecified atom stereocenters. The molecule has 0 aliphatic carbocycles. The quantitative estimate of drug-likeness (QED) is 0.491.